The van der Waals surface area contributed by atoms with Gasteiger partial charge in [-0.15, -0.1) is 0 Å². The van der Waals surface area contributed by atoms with Crippen molar-refractivity contribution >= 4 is 5.91 Å². The molecule has 1 rings (SSSR count). The molecule has 0 spiro atoms. The zero-order chi connectivity index (χ0) is 15.3. The van der Waals surface area contributed by atoms with E-state index < -0.39 is 12.0 Å². The summed E-state index contributed by atoms with van der Waals surface area (Å²) in [7, 11) is 0. The zero-order valence-electron chi connectivity index (χ0n) is 13.1. The van der Waals surface area contributed by atoms with E-state index in [2.05, 4.69) is 32.2 Å². The molecule has 0 aromatic heterocycles. The van der Waals surface area contributed by atoms with Crippen molar-refractivity contribution in [1.29, 1.82) is 0 Å². The van der Waals surface area contributed by atoms with Crippen LogP contribution in [0.15, 0.2) is 18.2 Å². The van der Waals surface area contributed by atoms with Crippen LogP contribution < -0.4 is 15.8 Å². The fraction of sp³-hybridized carbons (Fsp3) is 0.562. The highest BCUT2D eigenvalue weighted by Gasteiger charge is 2.17. The quantitative estimate of drug-likeness (QED) is 0.840. The molecule has 0 aliphatic heterocycles. The van der Waals surface area contributed by atoms with Crippen molar-refractivity contribution < 1.29 is 9.53 Å². The second-order valence-electron chi connectivity index (χ2n) is 6.13. The molecule has 112 valence electrons. The zero-order valence-corrected chi connectivity index (χ0v) is 13.1. The first-order valence-electron chi connectivity index (χ1n) is 7.03. The molecule has 0 saturated carbocycles. The predicted octanol–water partition coefficient (Wildman–Crippen LogP) is 2.53. The molecular weight excluding hydrogens is 252 g/mol. The van der Waals surface area contributed by atoms with Crippen LogP contribution in [0.25, 0.3) is 0 Å². The smallest absolute Gasteiger partial charge is 0.258 e. The molecule has 20 heavy (non-hydrogen) atoms. The predicted molar refractivity (Wildman–Crippen MR) is 81.7 cm³/mol. The maximum Gasteiger partial charge on any atom is 0.258 e. The highest BCUT2D eigenvalue weighted by molar-refractivity contribution is 5.79. The van der Waals surface area contributed by atoms with Gasteiger partial charge >= 0.3 is 0 Å². The molecule has 0 heterocycles. The third-order valence-corrected chi connectivity index (χ3v) is 2.98. The summed E-state index contributed by atoms with van der Waals surface area (Å²) in [5, 5.41) is 3.43. The Hall–Kier alpha value is -1.55. The van der Waals surface area contributed by atoms with Gasteiger partial charge in [-0.25, -0.2) is 0 Å². The first-order chi connectivity index (χ1) is 9.23. The van der Waals surface area contributed by atoms with E-state index in [-0.39, 0.29) is 5.54 Å². The molecule has 0 aliphatic rings. The SMILES string of the molecule is CCC(Oc1ccc(C)cc1CNC(C)(C)C)C(N)=O. The van der Waals surface area contributed by atoms with Crippen LogP contribution in [0.2, 0.25) is 0 Å². The Morgan fingerprint density at radius 2 is 2.05 bits per heavy atom. The van der Waals surface area contributed by atoms with E-state index in [9.17, 15) is 4.79 Å². The standard InChI is InChI=1S/C16H26N2O2/c1-6-13(15(17)19)20-14-8-7-11(2)9-12(14)10-18-16(3,4)5/h7-9,13,18H,6,10H2,1-5H3,(H2,17,19). The minimum absolute atomic E-state index is 0.0227. The van der Waals surface area contributed by atoms with Crippen LogP contribution in [0.1, 0.15) is 45.2 Å². The van der Waals surface area contributed by atoms with E-state index in [0.717, 1.165) is 16.9 Å². The monoisotopic (exact) mass is 278 g/mol. The van der Waals surface area contributed by atoms with Crippen LogP contribution in [0.5, 0.6) is 5.75 Å². The molecule has 0 bridgehead atoms. The van der Waals surface area contributed by atoms with E-state index in [1.54, 1.807) is 0 Å². The molecule has 0 radical (unpaired) electrons. The van der Waals surface area contributed by atoms with E-state index in [0.29, 0.717) is 13.0 Å². The molecule has 0 fully saturated rings. The van der Waals surface area contributed by atoms with Gasteiger partial charge < -0.3 is 15.8 Å². The fourth-order valence-corrected chi connectivity index (χ4v) is 1.82. The lowest BCUT2D eigenvalue weighted by atomic mass is 10.1. The molecule has 1 aromatic carbocycles. The molecular formula is C16H26N2O2. The second kappa shape index (κ2) is 6.75. The van der Waals surface area contributed by atoms with Crippen LogP contribution in [-0.4, -0.2) is 17.6 Å². The van der Waals surface area contributed by atoms with E-state index in [1.807, 2.05) is 26.0 Å². The van der Waals surface area contributed by atoms with Crippen molar-refractivity contribution in [3.63, 3.8) is 0 Å². The molecule has 1 unspecified atom stereocenters. The van der Waals surface area contributed by atoms with Gasteiger partial charge in [0.25, 0.3) is 5.91 Å². The molecule has 4 heteroatoms. The van der Waals surface area contributed by atoms with Crippen molar-refractivity contribution in [2.45, 2.75) is 59.2 Å². The van der Waals surface area contributed by atoms with Gasteiger partial charge in [-0.3, -0.25) is 4.79 Å². The van der Waals surface area contributed by atoms with Crippen LogP contribution in [-0.2, 0) is 11.3 Å². The number of hydrogen-bond acceptors (Lipinski definition) is 3. The van der Waals surface area contributed by atoms with Crippen LogP contribution >= 0.6 is 0 Å². The molecule has 0 aliphatic carbocycles. The normalized spacial score (nSPS) is 13.1. The van der Waals surface area contributed by atoms with Crippen LogP contribution in [0, 0.1) is 6.92 Å². The Morgan fingerprint density at radius 1 is 1.40 bits per heavy atom. The summed E-state index contributed by atoms with van der Waals surface area (Å²) in [6.07, 6.45) is -0.0129. The fourth-order valence-electron chi connectivity index (χ4n) is 1.82. The lowest BCUT2D eigenvalue weighted by Crippen LogP contribution is -2.36. The van der Waals surface area contributed by atoms with Gasteiger partial charge in [0.1, 0.15) is 5.75 Å². The number of nitrogens with one attached hydrogen (secondary N) is 1. The van der Waals surface area contributed by atoms with Crippen molar-refractivity contribution in [1.82, 2.24) is 5.32 Å². The number of aryl methyl sites for hydroxylation is 1. The minimum Gasteiger partial charge on any atom is -0.480 e. The maximum absolute atomic E-state index is 11.3. The minimum atomic E-state index is -0.578. The molecule has 0 saturated heterocycles. The summed E-state index contributed by atoms with van der Waals surface area (Å²) in [6.45, 7) is 11.0. The van der Waals surface area contributed by atoms with E-state index in [1.165, 1.54) is 0 Å². The molecule has 1 amide bonds. The van der Waals surface area contributed by atoms with Crippen molar-refractivity contribution in [2.24, 2.45) is 5.73 Å². The third kappa shape index (κ3) is 5.21. The van der Waals surface area contributed by atoms with E-state index in [4.69, 9.17) is 10.5 Å². The highest BCUT2D eigenvalue weighted by atomic mass is 16.5. The molecule has 4 nitrogen and oxygen atoms in total. The van der Waals surface area contributed by atoms with E-state index >= 15 is 0 Å². The second-order valence-corrected chi connectivity index (χ2v) is 6.13. The summed E-state index contributed by atoms with van der Waals surface area (Å²) in [6, 6.07) is 5.95. The summed E-state index contributed by atoms with van der Waals surface area (Å²) >= 11 is 0. The topological polar surface area (TPSA) is 64.3 Å². The van der Waals surface area contributed by atoms with Crippen molar-refractivity contribution in [2.75, 3.05) is 0 Å². The van der Waals surface area contributed by atoms with Crippen molar-refractivity contribution in [3.05, 3.63) is 29.3 Å². The summed E-state index contributed by atoms with van der Waals surface area (Å²) in [4.78, 5) is 11.3. The lowest BCUT2D eigenvalue weighted by Gasteiger charge is -2.23. The number of benzene rings is 1. The molecule has 3 N–H and O–H groups in total. The number of rotatable bonds is 6. The molecule has 1 aromatic rings. The van der Waals surface area contributed by atoms with Gasteiger partial charge in [0.2, 0.25) is 0 Å². The van der Waals surface area contributed by atoms with Crippen molar-refractivity contribution in [3.8, 4) is 5.75 Å². The lowest BCUT2D eigenvalue weighted by molar-refractivity contribution is -0.124. The Morgan fingerprint density at radius 3 is 2.55 bits per heavy atom. The van der Waals surface area contributed by atoms with Crippen LogP contribution in [0.3, 0.4) is 0 Å². The first-order valence-corrected chi connectivity index (χ1v) is 7.03. The Kier molecular flexibility index (Phi) is 5.57. The number of carbonyl (C=O) groups excluding carboxylic acids is 1. The number of carbonyl (C=O) groups is 1. The largest absolute Gasteiger partial charge is 0.480 e. The summed E-state index contributed by atoms with van der Waals surface area (Å²) < 4.78 is 5.76. The van der Waals surface area contributed by atoms with Gasteiger partial charge in [-0.05, 0) is 40.2 Å². The Balaban J connectivity index is 2.92. The Bertz CT molecular complexity index is 464. The summed E-state index contributed by atoms with van der Waals surface area (Å²) in [5.41, 5.74) is 7.56. The van der Waals surface area contributed by atoms with Gasteiger partial charge in [-0.2, -0.15) is 0 Å². The number of nitrogens with two attached hydrogens (primary N) is 1. The number of primary amides is 1. The first kappa shape index (κ1) is 16.5. The van der Waals surface area contributed by atoms with Gasteiger partial charge in [-0.1, -0.05) is 24.6 Å². The van der Waals surface area contributed by atoms with Gasteiger partial charge in [0.05, 0.1) is 0 Å². The molecule has 1 atom stereocenters. The average molecular weight is 278 g/mol. The van der Waals surface area contributed by atoms with Gasteiger partial charge in [0, 0.05) is 17.6 Å². The Labute approximate surface area is 121 Å². The van der Waals surface area contributed by atoms with Gasteiger partial charge in [0.15, 0.2) is 6.10 Å². The summed E-state index contributed by atoms with van der Waals surface area (Å²) in [5.74, 6) is 0.292. The average Bonchev–Trinajstić information content (AvgIpc) is 2.33. The third-order valence-electron chi connectivity index (χ3n) is 2.98. The number of hydrogen-bond donors (Lipinski definition) is 2. The number of ether oxygens (including phenoxy) is 1. The highest BCUT2D eigenvalue weighted by Crippen LogP contribution is 2.22. The maximum atomic E-state index is 11.3. The number of amides is 1. The van der Waals surface area contributed by atoms with Crippen LogP contribution in [0.4, 0.5) is 0 Å².